The molecule has 3 aromatic heterocycles. The number of hydrogen-bond donors (Lipinski definition) is 1. The van der Waals surface area contributed by atoms with Crippen molar-refractivity contribution >= 4 is 11.4 Å². The number of pyridine rings is 1. The number of carbonyl (C=O) groups excluding carboxylic acids is 1. The van der Waals surface area contributed by atoms with Crippen molar-refractivity contribution in [1.29, 1.82) is 0 Å². The Balaban J connectivity index is 1.58. The predicted octanol–water partition coefficient (Wildman–Crippen LogP) is 2.51. The summed E-state index contributed by atoms with van der Waals surface area (Å²) in [5, 5.41) is 2.90. The lowest BCUT2D eigenvalue weighted by Crippen LogP contribution is -2.23. The van der Waals surface area contributed by atoms with Gasteiger partial charge in [-0.25, -0.2) is 9.97 Å². The first-order valence-electron chi connectivity index (χ1n) is 9.09. The Morgan fingerprint density at radius 2 is 1.89 bits per heavy atom. The number of rotatable bonds is 6. The van der Waals surface area contributed by atoms with Crippen LogP contribution < -0.4 is 5.32 Å². The molecular weight excluding hydrogens is 352 g/mol. The molecule has 4 aromatic rings. The van der Waals surface area contributed by atoms with Gasteiger partial charge < -0.3 is 10.2 Å². The summed E-state index contributed by atoms with van der Waals surface area (Å²) in [6.45, 7) is 1.19. The van der Waals surface area contributed by atoms with Crippen LogP contribution in [0, 0.1) is 0 Å². The third-order valence-corrected chi connectivity index (χ3v) is 4.41. The normalized spacial score (nSPS) is 11.2. The fourth-order valence-corrected chi connectivity index (χ4v) is 3.10. The molecule has 0 atom stereocenters. The molecule has 0 saturated carbocycles. The van der Waals surface area contributed by atoms with Gasteiger partial charge in [-0.3, -0.25) is 13.8 Å². The summed E-state index contributed by atoms with van der Waals surface area (Å²) in [4.78, 5) is 23.6. The third-order valence-electron chi connectivity index (χ3n) is 4.41. The fraction of sp³-hybridized carbons (Fsp3) is 0.190. The second-order valence-corrected chi connectivity index (χ2v) is 6.89. The van der Waals surface area contributed by atoms with E-state index >= 15 is 0 Å². The minimum atomic E-state index is -0.211. The molecule has 0 saturated heterocycles. The summed E-state index contributed by atoms with van der Waals surface area (Å²) in [5.41, 5.74) is 3.42. The molecule has 1 N–H and O–H groups in total. The summed E-state index contributed by atoms with van der Waals surface area (Å²) < 4.78 is 3.79. The van der Waals surface area contributed by atoms with Crippen LogP contribution in [0.5, 0.6) is 0 Å². The molecule has 1 amide bonds. The van der Waals surface area contributed by atoms with Crippen LogP contribution in [-0.4, -0.2) is 43.8 Å². The standard InChI is InChI=1S/C21H22N6O/c1-25(2)13-17-19-10-6-7-11-27(19)21(24-17)26-14-18(23-15-26)20(28)22-12-16-8-4-3-5-9-16/h3-11,14-15H,12-13H2,1-2H3,(H,22,28). The quantitative estimate of drug-likeness (QED) is 0.563. The molecule has 7 nitrogen and oxygen atoms in total. The zero-order valence-electron chi connectivity index (χ0n) is 15.9. The first-order valence-corrected chi connectivity index (χ1v) is 9.09. The van der Waals surface area contributed by atoms with E-state index in [0.717, 1.165) is 23.3 Å². The summed E-state index contributed by atoms with van der Waals surface area (Å²) in [6, 6.07) is 15.8. The number of hydrogen-bond acceptors (Lipinski definition) is 4. The van der Waals surface area contributed by atoms with Crippen LogP contribution in [0.2, 0.25) is 0 Å². The number of nitrogens with zero attached hydrogens (tertiary/aromatic N) is 5. The smallest absolute Gasteiger partial charge is 0.271 e. The molecule has 7 heteroatoms. The highest BCUT2D eigenvalue weighted by molar-refractivity contribution is 5.92. The van der Waals surface area contributed by atoms with Crippen molar-refractivity contribution in [1.82, 2.24) is 29.2 Å². The molecule has 0 aliphatic carbocycles. The van der Waals surface area contributed by atoms with Crippen LogP contribution in [0.3, 0.4) is 0 Å². The molecule has 0 aliphatic rings. The van der Waals surface area contributed by atoms with Gasteiger partial charge in [0, 0.05) is 25.5 Å². The molecule has 0 aliphatic heterocycles. The molecule has 4 rings (SSSR count). The first-order chi connectivity index (χ1) is 13.6. The van der Waals surface area contributed by atoms with Crippen LogP contribution in [-0.2, 0) is 13.1 Å². The summed E-state index contributed by atoms with van der Waals surface area (Å²) in [5.74, 6) is 0.499. The van der Waals surface area contributed by atoms with Crippen LogP contribution in [0.15, 0.2) is 67.3 Å². The van der Waals surface area contributed by atoms with E-state index < -0.39 is 0 Å². The highest BCUT2D eigenvalue weighted by Gasteiger charge is 2.15. The molecule has 0 radical (unpaired) electrons. The molecule has 1 aromatic carbocycles. The molecule has 0 bridgehead atoms. The Kier molecular flexibility index (Phi) is 4.90. The van der Waals surface area contributed by atoms with Crippen molar-refractivity contribution in [2.24, 2.45) is 0 Å². The monoisotopic (exact) mass is 374 g/mol. The van der Waals surface area contributed by atoms with Gasteiger partial charge in [0.1, 0.15) is 12.0 Å². The number of amides is 1. The topological polar surface area (TPSA) is 67.5 Å². The fourth-order valence-electron chi connectivity index (χ4n) is 3.10. The third kappa shape index (κ3) is 3.65. The maximum atomic E-state index is 12.5. The Hall–Kier alpha value is -3.45. The van der Waals surface area contributed by atoms with E-state index in [1.54, 1.807) is 17.1 Å². The molecular formula is C21H22N6O. The van der Waals surface area contributed by atoms with Crippen molar-refractivity contribution in [3.8, 4) is 5.95 Å². The molecule has 28 heavy (non-hydrogen) atoms. The van der Waals surface area contributed by atoms with Gasteiger partial charge in [-0.2, -0.15) is 0 Å². The highest BCUT2D eigenvalue weighted by Crippen LogP contribution is 2.17. The second-order valence-electron chi connectivity index (χ2n) is 6.89. The summed E-state index contributed by atoms with van der Waals surface area (Å²) in [7, 11) is 4.03. The van der Waals surface area contributed by atoms with Gasteiger partial charge in [0.25, 0.3) is 5.91 Å². The van der Waals surface area contributed by atoms with E-state index in [-0.39, 0.29) is 5.91 Å². The zero-order valence-corrected chi connectivity index (χ0v) is 15.9. The largest absolute Gasteiger partial charge is 0.347 e. The van der Waals surface area contributed by atoms with Crippen molar-refractivity contribution in [3.05, 3.63) is 84.2 Å². The zero-order chi connectivity index (χ0) is 19.5. The number of fused-ring (bicyclic) bond motifs is 1. The Morgan fingerprint density at radius 3 is 2.68 bits per heavy atom. The lowest BCUT2D eigenvalue weighted by atomic mass is 10.2. The number of aromatic nitrogens is 4. The van der Waals surface area contributed by atoms with Gasteiger partial charge in [-0.05, 0) is 31.8 Å². The van der Waals surface area contributed by atoms with Gasteiger partial charge in [-0.1, -0.05) is 36.4 Å². The Bertz CT molecular complexity index is 1100. The van der Waals surface area contributed by atoms with E-state index in [1.165, 1.54) is 0 Å². The van der Waals surface area contributed by atoms with Crippen molar-refractivity contribution in [3.63, 3.8) is 0 Å². The van der Waals surface area contributed by atoms with Gasteiger partial charge >= 0.3 is 0 Å². The number of nitrogens with one attached hydrogen (secondary N) is 1. The highest BCUT2D eigenvalue weighted by atomic mass is 16.1. The Morgan fingerprint density at radius 1 is 1.11 bits per heavy atom. The number of imidazole rings is 2. The van der Waals surface area contributed by atoms with E-state index in [4.69, 9.17) is 4.98 Å². The minimum absolute atomic E-state index is 0.211. The molecule has 0 unspecified atom stereocenters. The predicted molar refractivity (Wildman–Crippen MR) is 107 cm³/mol. The van der Waals surface area contributed by atoms with E-state index in [1.807, 2.05) is 73.2 Å². The summed E-state index contributed by atoms with van der Waals surface area (Å²) >= 11 is 0. The van der Waals surface area contributed by atoms with Crippen molar-refractivity contribution in [2.75, 3.05) is 14.1 Å². The molecule has 3 heterocycles. The van der Waals surface area contributed by atoms with Crippen molar-refractivity contribution < 1.29 is 4.79 Å². The average Bonchev–Trinajstić information content (AvgIpc) is 3.32. The van der Waals surface area contributed by atoms with E-state index in [2.05, 4.69) is 15.2 Å². The van der Waals surface area contributed by atoms with Crippen LogP contribution in [0.4, 0.5) is 0 Å². The SMILES string of the molecule is CN(C)Cc1nc(-n2cnc(C(=O)NCc3ccccc3)c2)n2ccccc12. The molecule has 0 spiro atoms. The lowest BCUT2D eigenvalue weighted by Gasteiger charge is -2.06. The summed E-state index contributed by atoms with van der Waals surface area (Å²) in [6.07, 6.45) is 5.30. The van der Waals surface area contributed by atoms with Crippen molar-refractivity contribution in [2.45, 2.75) is 13.1 Å². The molecule has 142 valence electrons. The van der Waals surface area contributed by atoms with Crippen LogP contribution >= 0.6 is 0 Å². The minimum Gasteiger partial charge on any atom is -0.347 e. The lowest BCUT2D eigenvalue weighted by molar-refractivity contribution is 0.0946. The Labute approximate surface area is 163 Å². The number of benzene rings is 1. The van der Waals surface area contributed by atoms with Crippen LogP contribution in [0.25, 0.3) is 11.5 Å². The van der Waals surface area contributed by atoms with Gasteiger partial charge in [-0.15, -0.1) is 0 Å². The van der Waals surface area contributed by atoms with Gasteiger partial charge in [0.05, 0.1) is 11.2 Å². The number of carbonyl (C=O) groups is 1. The second kappa shape index (κ2) is 7.66. The average molecular weight is 374 g/mol. The maximum absolute atomic E-state index is 12.5. The first kappa shape index (κ1) is 17.9. The van der Waals surface area contributed by atoms with E-state index in [9.17, 15) is 4.79 Å². The van der Waals surface area contributed by atoms with Crippen LogP contribution in [0.1, 0.15) is 21.7 Å². The van der Waals surface area contributed by atoms with E-state index in [0.29, 0.717) is 18.2 Å². The van der Waals surface area contributed by atoms with Gasteiger partial charge in [0.15, 0.2) is 0 Å². The van der Waals surface area contributed by atoms with Gasteiger partial charge in [0.2, 0.25) is 5.95 Å². The maximum Gasteiger partial charge on any atom is 0.271 e. The molecule has 0 fully saturated rings.